The summed E-state index contributed by atoms with van der Waals surface area (Å²) in [5.41, 5.74) is 0. The molecule has 1 nitrogen and oxygen atoms in total. The van der Waals surface area contributed by atoms with Gasteiger partial charge in [0.05, 0.1) is 5.92 Å². The van der Waals surface area contributed by atoms with Gasteiger partial charge in [-0.05, 0) is 18.3 Å². The maximum atomic E-state index is 12.5. The van der Waals surface area contributed by atoms with Crippen LogP contribution in [0.15, 0.2) is 12.2 Å². The van der Waals surface area contributed by atoms with Crippen molar-refractivity contribution in [1.82, 2.24) is 0 Å². The number of carbonyl (C=O) groups excluding carboxylic acids is 1. The Morgan fingerprint density at radius 2 is 1.85 bits per heavy atom. The van der Waals surface area contributed by atoms with E-state index in [9.17, 15) is 18.0 Å². The minimum Gasteiger partial charge on any atom is -0.303 e. The maximum absolute atomic E-state index is 12.5. The summed E-state index contributed by atoms with van der Waals surface area (Å²) in [5.74, 6) is -2.90. The minimum absolute atomic E-state index is 0.172. The first kappa shape index (κ1) is 8.78. The highest BCUT2D eigenvalue weighted by atomic mass is 19.4. The van der Waals surface area contributed by atoms with Crippen molar-refractivity contribution in [3.63, 3.8) is 0 Å². The predicted octanol–water partition coefficient (Wildman–Crippen LogP) is 2.19. The van der Waals surface area contributed by atoms with E-state index in [4.69, 9.17) is 0 Å². The van der Waals surface area contributed by atoms with E-state index >= 15 is 0 Å². The number of allylic oxidation sites excluding steroid dienone is 2. The Hall–Kier alpha value is -0.800. The molecule has 4 atom stereocenters. The van der Waals surface area contributed by atoms with E-state index in [1.807, 2.05) is 0 Å². The lowest BCUT2D eigenvalue weighted by molar-refractivity contribution is -0.192. The Morgan fingerprint density at radius 1 is 1.23 bits per heavy atom. The molecule has 13 heavy (non-hydrogen) atoms. The molecule has 72 valence electrons. The Labute approximate surface area is 73.6 Å². The zero-order valence-corrected chi connectivity index (χ0v) is 6.79. The van der Waals surface area contributed by atoms with E-state index in [0.717, 1.165) is 0 Å². The average molecular weight is 190 g/mol. The molecule has 2 bridgehead atoms. The molecule has 2 aliphatic rings. The number of carbonyl (C=O) groups is 1. The van der Waals surface area contributed by atoms with Crippen LogP contribution in [-0.4, -0.2) is 12.5 Å². The van der Waals surface area contributed by atoms with Gasteiger partial charge in [0.1, 0.15) is 6.29 Å². The van der Waals surface area contributed by atoms with Crippen molar-refractivity contribution >= 4 is 6.29 Å². The van der Waals surface area contributed by atoms with Crippen LogP contribution in [0.1, 0.15) is 6.42 Å². The average Bonchev–Trinajstić information content (AvgIpc) is 2.59. The lowest BCUT2D eigenvalue weighted by Crippen LogP contribution is -2.34. The molecule has 2 rings (SSSR count). The number of fused-ring (bicyclic) bond motifs is 2. The van der Waals surface area contributed by atoms with Crippen LogP contribution < -0.4 is 0 Å². The van der Waals surface area contributed by atoms with Crippen LogP contribution in [0, 0.1) is 23.7 Å². The van der Waals surface area contributed by atoms with Crippen LogP contribution in [0.2, 0.25) is 0 Å². The van der Waals surface area contributed by atoms with Gasteiger partial charge in [0.2, 0.25) is 0 Å². The second-order valence-electron chi connectivity index (χ2n) is 3.73. The molecule has 0 unspecified atom stereocenters. The third-order valence-electron chi connectivity index (χ3n) is 3.06. The fourth-order valence-electron chi connectivity index (χ4n) is 2.51. The standard InChI is InChI=1S/C9H9F3O/c10-9(11,12)8-6-2-1-5(3-6)7(8)4-13/h1-2,4-8H,3H2/t5-,6+,7-,8-/m0/s1. The zero-order chi connectivity index (χ0) is 9.64. The van der Waals surface area contributed by atoms with Crippen LogP contribution in [0.3, 0.4) is 0 Å². The molecule has 0 spiro atoms. The monoisotopic (exact) mass is 190 g/mol. The second kappa shape index (κ2) is 2.59. The van der Waals surface area contributed by atoms with Crippen LogP contribution >= 0.6 is 0 Å². The molecular weight excluding hydrogens is 181 g/mol. The van der Waals surface area contributed by atoms with Gasteiger partial charge in [0, 0.05) is 5.92 Å². The fourth-order valence-corrected chi connectivity index (χ4v) is 2.51. The van der Waals surface area contributed by atoms with Crippen molar-refractivity contribution in [2.24, 2.45) is 23.7 Å². The molecule has 0 aliphatic heterocycles. The predicted molar refractivity (Wildman–Crippen MR) is 39.8 cm³/mol. The molecule has 0 heterocycles. The number of aldehydes is 1. The number of hydrogen-bond acceptors (Lipinski definition) is 1. The largest absolute Gasteiger partial charge is 0.393 e. The summed E-state index contributed by atoms with van der Waals surface area (Å²) in [4.78, 5) is 10.5. The number of rotatable bonds is 1. The Kier molecular flexibility index (Phi) is 1.75. The van der Waals surface area contributed by atoms with Crippen LogP contribution in [0.5, 0.6) is 0 Å². The van der Waals surface area contributed by atoms with Gasteiger partial charge < -0.3 is 4.79 Å². The van der Waals surface area contributed by atoms with E-state index in [1.165, 1.54) is 0 Å². The maximum Gasteiger partial charge on any atom is 0.393 e. The molecule has 1 fully saturated rings. The summed E-state index contributed by atoms with van der Waals surface area (Å²) in [7, 11) is 0. The third kappa shape index (κ3) is 1.19. The summed E-state index contributed by atoms with van der Waals surface area (Å²) in [6, 6.07) is 0. The van der Waals surface area contributed by atoms with Crippen molar-refractivity contribution < 1.29 is 18.0 Å². The first-order valence-electron chi connectivity index (χ1n) is 4.24. The van der Waals surface area contributed by atoms with E-state index in [2.05, 4.69) is 0 Å². The zero-order valence-electron chi connectivity index (χ0n) is 6.79. The number of halogens is 3. The van der Waals surface area contributed by atoms with Crippen LogP contribution in [0.25, 0.3) is 0 Å². The molecule has 0 amide bonds. The smallest absolute Gasteiger partial charge is 0.303 e. The highest BCUT2D eigenvalue weighted by Gasteiger charge is 2.56. The van der Waals surface area contributed by atoms with E-state index in [0.29, 0.717) is 12.7 Å². The normalized spacial score (nSPS) is 42.7. The molecule has 0 aromatic rings. The van der Waals surface area contributed by atoms with Crippen molar-refractivity contribution in [3.05, 3.63) is 12.2 Å². The van der Waals surface area contributed by atoms with Gasteiger partial charge >= 0.3 is 6.18 Å². The summed E-state index contributed by atoms with van der Waals surface area (Å²) < 4.78 is 37.4. The lowest BCUT2D eigenvalue weighted by Gasteiger charge is -2.25. The van der Waals surface area contributed by atoms with Crippen molar-refractivity contribution in [2.75, 3.05) is 0 Å². The van der Waals surface area contributed by atoms with E-state index < -0.39 is 23.9 Å². The van der Waals surface area contributed by atoms with Gasteiger partial charge in [0.15, 0.2) is 0 Å². The molecule has 0 saturated heterocycles. The summed E-state index contributed by atoms with van der Waals surface area (Å²) >= 11 is 0. The van der Waals surface area contributed by atoms with Crippen LogP contribution in [-0.2, 0) is 4.79 Å². The van der Waals surface area contributed by atoms with Crippen molar-refractivity contribution in [1.29, 1.82) is 0 Å². The van der Waals surface area contributed by atoms with Crippen molar-refractivity contribution in [2.45, 2.75) is 12.6 Å². The van der Waals surface area contributed by atoms with Gasteiger partial charge in [-0.1, -0.05) is 12.2 Å². The SMILES string of the molecule is O=C[C@@H]1[C@@H](C(F)(F)F)[C@@H]2C=C[C@H]1C2. The topological polar surface area (TPSA) is 17.1 Å². The highest BCUT2D eigenvalue weighted by molar-refractivity contribution is 5.57. The Bertz CT molecular complexity index is 256. The molecular formula is C9H9F3O. The van der Waals surface area contributed by atoms with Gasteiger partial charge in [-0.3, -0.25) is 0 Å². The molecule has 0 aromatic heterocycles. The summed E-state index contributed by atoms with van der Waals surface area (Å²) in [6.45, 7) is 0. The quantitative estimate of drug-likeness (QED) is 0.457. The van der Waals surface area contributed by atoms with Gasteiger partial charge in [-0.15, -0.1) is 0 Å². The van der Waals surface area contributed by atoms with Crippen molar-refractivity contribution in [3.8, 4) is 0 Å². The fraction of sp³-hybridized carbons (Fsp3) is 0.667. The van der Waals surface area contributed by atoms with Crippen LogP contribution in [0.4, 0.5) is 13.2 Å². The minimum atomic E-state index is -4.23. The first-order chi connectivity index (χ1) is 6.04. The highest BCUT2D eigenvalue weighted by Crippen LogP contribution is 2.53. The molecule has 4 heteroatoms. The third-order valence-corrected chi connectivity index (χ3v) is 3.06. The molecule has 0 radical (unpaired) electrons. The Morgan fingerprint density at radius 3 is 2.31 bits per heavy atom. The lowest BCUT2D eigenvalue weighted by atomic mass is 9.83. The Balaban J connectivity index is 2.28. The van der Waals surface area contributed by atoms with E-state index in [1.54, 1.807) is 12.2 Å². The molecule has 2 aliphatic carbocycles. The van der Waals surface area contributed by atoms with Gasteiger partial charge in [0.25, 0.3) is 0 Å². The van der Waals surface area contributed by atoms with Gasteiger partial charge in [-0.2, -0.15) is 13.2 Å². The second-order valence-corrected chi connectivity index (χ2v) is 3.73. The first-order valence-corrected chi connectivity index (χ1v) is 4.24. The number of hydrogen-bond donors (Lipinski definition) is 0. The molecule has 0 N–H and O–H groups in total. The summed E-state index contributed by atoms with van der Waals surface area (Å²) in [6.07, 6.45) is 0.0739. The molecule has 0 aromatic carbocycles. The number of alkyl halides is 3. The molecule has 1 saturated carbocycles. The van der Waals surface area contributed by atoms with E-state index in [-0.39, 0.29) is 5.92 Å². The van der Waals surface area contributed by atoms with Gasteiger partial charge in [-0.25, -0.2) is 0 Å². The summed E-state index contributed by atoms with van der Waals surface area (Å²) in [5, 5.41) is 0.